The zero-order valence-corrected chi connectivity index (χ0v) is 22.0. The number of piperazine rings is 1. The van der Waals surface area contributed by atoms with Gasteiger partial charge in [-0.15, -0.1) is 11.3 Å². The van der Waals surface area contributed by atoms with E-state index in [0.29, 0.717) is 11.4 Å². The first kappa shape index (κ1) is 29.2. The Labute approximate surface area is 225 Å². The fourth-order valence-electron chi connectivity index (χ4n) is 4.40. The standard InChI is InChI=1S/C25H24F6N2O4S2/c1-37-20-10-6-18(7-11-20)21-16-32(39(35,36)22-3-2-14-38-22)12-13-33(21)19-8-4-17(5-9-19)15-23(34,24(26,27)28)25(29,30)31/h2-11,14,21,34H,12-13,15-16H2,1H3/t21-/m1/s1. The van der Waals surface area contributed by atoms with Gasteiger partial charge in [-0.3, -0.25) is 0 Å². The molecule has 212 valence electrons. The monoisotopic (exact) mass is 594 g/mol. The van der Waals surface area contributed by atoms with Crippen LogP contribution in [-0.2, 0) is 16.4 Å². The third-order valence-electron chi connectivity index (χ3n) is 6.60. The molecule has 0 unspecified atom stereocenters. The van der Waals surface area contributed by atoms with Crippen molar-refractivity contribution in [2.24, 2.45) is 0 Å². The molecule has 1 aromatic heterocycles. The summed E-state index contributed by atoms with van der Waals surface area (Å²) < 4.78 is 112. The van der Waals surface area contributed by atoms with Gasteiger partial charge in [0.15, 0.2) is 0 Å². The number of sulfonamides is 1. The van der Waals surface area contributed by atoms with Gasteiger partial charge in [0, 0.05) is 31.7 Å². The molecular formula is C25H24F6N2O4S2. The van der Waals surface area contributed by atoms with Crippen molar-refractivity contribution in [3.05, 3.63) is 77.2 Å². The number of methoxy groups -OCH3 is 1. The van der Waals surface area contributed by atoms with Crippen molar-refractivity contribution in [3.63, 3.8) is 0 Å². The van der Waals surface area contributed by atoms with Gasteiger partial charge in [-0.25, -0.2) is 8.42 Å². The van der Waals surface area contributed by atoms with Crippen molar-refractivity contribution < 1.29 is 44.6 Å². The normalized spacial score (nSPS) is 17.8. The predicted octanol–water partition coefficient (Wildman–Crippen LogP) is 5.41. The summed E-state index contributed by atoms with van der Waals surface area (Å²) in [5.74, 6) is 0.579. The average molecular weight is 595 g/mol. The first-order valence-corrected chi connectivity index (χ1v) is 13.9. The Bertz CT molecular complexity index is 1350. The Morgan fingerprint density at radius 2 is 1.56 bits per heavy atom. The van der Waals surface area contributed by atoms with E-state index in [1.807, 2.05) is 4.90 Å². The Balaban J connectivity index is 1.64. The lowest BCUT2D eigenvalue weighted by atomic mass is 9.92. The zero-order valence-electron chi connectivity index (χ0n) is 20.4. The molecule has 0 saturated carbocycles. The summed E-state index contributed by atoms with van der Waals surface area (Å²) in [7, 11) is -2.28. The summed E-state index contributed by atoms with van der Waals surface area (Å²) >= 11 is 1.09. The second-order valence-corrected chi connectivity index (χ2v) is 12.1. The van der Waals surface area contributed by atoms with Gasteiger partial charge in [0.1, 0.15) is 9.96 Å². The quantitative estimate of drug-likeness (QED) is 0.371. The molecule has 3 aromatic rings. The van der Waals surface area contributed by atoms with E-state index in [9.17, 15) is 39.9 Å². The van der Waals surface area contributed by atoms with E-state index in [1.54, 1.807) is 35.7 Å². The van der Waals surface area contributed by atoms with E-state index in [1.165, 1.54) is 29.6 Å². The van der Waals surface area contributed by atoms with Crippen molar-refractivity contribution in [2.45, 2.75) is 34.6 Å². The number of ether oxygens (including phenoxy) is 1. The number of alkyl halides is 6. The van der Waals surface area contributed by atoms with Crippen LogP contribution >= 0.6 is 11.3 Å². The highest BCUT2D eigenvalue weighted by Crippen LogP contribution is 2.45. The summed E-state index contributed by atoms with van der Waals surface area (Å²) in [4.78, 5) is 1.84. The molecule has 0 aliphatic carbocycles. The van der Waals surface area contributed by atoms with Crippen molar-refractivity contribution in [3.8, 4) is 5.75 Å². The van der Waals surface area contributed by atoms with Crippen LogP contribution in [0.1, 0.15) is 17.2 Å². The van der Waals surface area contributed by atoms with Gasteiger partial charge in [-0.05, 0) is 46.8 Å². The van der Waals surface area contributed by atoms with Gasteiger partial charge in [0.2, 0.25) is 0 Å². The second kappa shape index (κ2) is 10.6. The third kappa shape index (κ3) is 5.74. The molecule has 0 radical (unpaired) electrons. The number of benzene rings is 2. The van der Waals surface area contributed by atoms with Crippen molar-refractivity contribution in [1.29, 1.82) is 0 Å². The number of thiophene rings is 1. The van der Waals surface area contributed by atoms with Crippen LogP contribution in [0.25, 0.3) is 0 Å². The van der Waals surface area contributed by atoms with Crippen LogP contribution in [-0.4, -0.2) is 62.5 Å². The SMILES string of the molecule is COc1ccc([C@H]2CN(S(=O)(=O)c3cccs3)CCN2c2ccc(CC(O)(C(F)(F)F)C(F)(F)F)cc2)cc1. The summed E-state index contributed by atoms with van der Waals surface area (Å²) in [5, 5.41) is 11.2. The first-order chi connectivity index (χ1) is 18.2. The Hall–Kier alpha value is -2.81. The van der Waals surface area contributed by atoms with E-state index in [4.69, 9.17) is 4.74 Å². The highest BCUT2D eigenvalue weighted by atomic mass is 32.2. The number of rotatable bonds is 7. The van der Waals surface area contributed by atoms with E-state index in [0.717, 1.165) is 29.0 Å². The van der Waals surface area contributed by atoms with Crippen LogP contribution in [0.2, 0.25) is 0 Å². The van der Waals surface area contributed by atoms with E-state index in [2.05, 4.69) is 0 Å². The highest BCUT2D eigenvalue weighted by molar-refractivity contribution is 7.91. The molecule has 39 heavy (non-hydrogen) atoms. The van der Waals surface area contributed by atoms with E-state index < -0.39 is 40.4 Å². The highest BCUT2D eigenvalue weighted by Gasteiger charge is 2.70. The van der Waals surface area contributed by atoms with Crippen LogP contribution in [0.4, 0.5) is 32.0 Å². The maximum atomic E-state index is 13.2. The largest absolute Gasteiger partial charge is 0.497 e. The zero-order chi connectivity index (χ0) is 28.6. The molecule has 1 saturated heterocycles. The maximum absolute atomic E-state index is 13.2. The molecule has 0 spiro atoms. The number of halogens is 6. The second-order valence-electron chi connectivity index (χ2n) is 8.98. The molecule has 1 atom stereocenters. The van der Waals surface area contributed by atoms with Crippen LogP contribution < -0.4 is 9.64 Å². The summed E-state index contributed by atoms with van der Waals surface area (Å²) in [5.41, 5.74) is -4.06. The Morgan fingerprint density at radius 3 is 2.08 bits per heavy atom. The average Bonchev–Trinajstić information content (AvgIpc) is 3.44. The molecule has 1 aliphatic heterocycles. The van der Waals surface area contributed by atoms with Crippen LogP contribution in [0, 0.1) is 0 Å². The molecule has 1 aliphatic rings. The fourth-order valence-corrected chi connectivity index (χ4v) is 6.98. The molecule has 1 N–H and O–H groups in total. The first-order valence-electron chi connectivity index (χ1n) is 11.6. The Kier molecular flexibility index (Phi) is 7.96. The lowest BCUT2D eigenvalue weighted by molar-refractivity contribution is -0.367. The molecule has 2 aromatic carbocycles. The van der Waals surface area contributed by atoms with Crippen molar-refractivity contribution >= 4 is 27.0 Å². The maximum Gasteiger partial charge on any atom is 0.426 e. The number of hydrogen-bond acceptors (Lipinski definition) is 6. The van der Waals surface area contributed by atoms with Crippen LogP contribution in [0.15, 0.2) is 70.3 Å². The topological polar surface area (TPSA) is 70.1 Å². The fraction of sp³-hybridized carbons (Fsp3) is 0.360. The predicted molar refractivity (Wildman–Crippen MR) is 133 cm³/mol. The molecule has 14 heteroatoms. The van der Waals surface area contributed by atoms with Crippen LogP contribution in [0.5, 0.6) is 5.75 Å². The number of anilines is 1. The van der Waals surface area contributed by atoms with Gasteiger partial charge in [-0.1, -0.05) is 30.3 Å². The van der Waals surface area contributed by atoms with Gasteiger partial charge in [0.25, 0.3) is 15.6 Å². The summed E-state index contributed by atoms with van der Waals surface area (Å²) in [6, 6.07) is 14.5. The van der Waals surface area contributed by atoms with Crippen molar-refractivity contribution in [1.82, 2.24) is 4.31 Å². The molecule has 1 fully saturated rings. The van der Waals surface area contributed by atoms with E-state index >= 15 is 0 Å². The summed E-state index contributed by atoms with van der Waals surface area (Å²) in [6.45, 7) is 0.364. The number of hydrogen-bond donors (Lipinski definition) is 1. The number of nitrogens with zero attached hydrogens (tertiary/aromatic N) is 2. The van der Waals surface area contributed by atoms with E-state index in [-0.39, 0.29) is 29.4 Å². The molecule has 2 heterocycles. The minimum Gasteiger partial charge on any atom is -0.497 e. The number of aliphatic hydroxyl groups is 1. The molecule has 0 bridgehead atoms. The van der Waals surface area contributed by atoms with Gasteiger partial charge >= 0.3 is 12.4 Å². The minimum atomic E-state index is -5.92. The molecule has 4 rings (SSSR count). The molecule has 0 amide bonds. The lowest BCUT2D eigenvalue weighted by Crippen LogP contribution is -2.58. The Morgan fingerprint density at radius 1 is 0.949 bits per heavy atom. The molecule has 6 nitrogen and oxygen atoms in total. The van der Waals surface area contributed by atoms with Gasteiger partial charge in [0.05, 0.1) is 13.2 Å². The summed E-state index contributed by atoms with van der Waals surface area (Å²) in [6.07, 6.45) is -13.5. The van der Waals surface area contributed by atoms with Gasteiger partial charge in [-0.2, -0.15) is 30.6 Å². The van der Waals surface area contributed by atoms with Gasteiger partial charge < -0.3 is 14.7 Å². The van der Waals surface area contributed by atoms with Crippen LogP contribution in [0.3, 0.4) is 0 Å². The molecular weight excluding hydrogens is 570 g/mol. The van der Waals surface area contributed by atoms with Crippen molar-refractivity contribution in [2.75, 3.05) is 31.6 Å². The minimum absolute atomic E-state index is 0.0518. The lowest BCUT2D eigenvalue weighted by Gasteiger charge is -2.42. The smallest absolute Gasteiger partial charge is 0.426 e. The third-order valence-corrected chi connectivity index (χ3v) is 9.84.